The van der Waals surface area contributed by atoms with Gasteiger partial charge in [-0.3, -0.25) is 0 Å². The number of rotatable bonds is 4. The topological polar surface area (TPSA) is 87.6 Å². The van der Waals surface area contributed by atoms with Crippen LogP contribution in [0.2, 0.25) is 0 Å². The number of carbonyl (C=O) groups is 1. The van der Waals surface area contributed by atoms with Crippen LogP contribution in [0.15, 0.2) is 6.20 Å². The van der Waals surface area contributed by atoms with E-state index in [-0.39, 0.29) is 16.9 Å². The molecular formula is C11H17N3O4S. The zero-order valence-electron chi connectivity index (χ0n) is 11.5. The zero-order chi connectivity index (χ0) is 14.6. The van der Waals surface area contributed by atoms with E-state index in [1.165, 1.54) is 18.2 Å². The molecule has 0 aliphatic heterocycles. The number of carbonyl (C=O) groups excluding carboxylic acids is 1. The maximum absolute atomic E-state index is 11.5. The molecule has 2 atom stereocenters. The first-order valence-electron chi connectivity index (χ1n) is 5.49. The molecule has 0 radical (unpaired) electrons. The van der Waals surface area contributed by atoms with Crippen LogP contribution in [0.3, 0.4) is 0 Å². The zero-order valence-corrected chi connectivity index (χ0v) is 12.4. The molecule has 0 N–H and O–H groups in total. The highest BCUT2D eigenvalue weighted by molar-refractivity contribution is 7.90. The molecule has 0 aliphatic rings. The number of aromatic nitrogens is 2. The summed E-state index contributed by atoms with van der Waals surface area (Å²) >= 11 is -1.12. The van der Waals surface area contributed by atoms with Crippen LogP contribution >= 0.6 is 0 Å². The van der Waals surface area contributed by atoms with E-state index in [9.17, 15) is 9.35 Å². The van der Waals surface area contributed by atoms with Gasteiger partial charge in [0.25, 0.3) is 5.88 Å². The largest absolute Gasteiger partial charge is 0.616 e. The molecule has 1 rings (SSSR count). The molecule has 0 saturated carbocycles. The highest BCUT2D eigenvalue weighted by atomic mass is 32.2. The molecule has 19 heavy (non-hydrogen) atoms. The van der Waals surface area contributed by atoms with Gasteiger partial charge in [-0.25, -0.2) is 9.78 Å². The molecule has 7 nitrogen and oxygen atoms in total. The highest BCUT2D eigenvalue weighted by Crippen LogP contribution is 2.27. The van der Waals surface area contributed by atoms with Crippen molar-refractivity contribution in [1.82, 2.24) is 14.9 Å². The molecule has 0 aliphatic carbocycles. The van der Waals surface area contributed by atoms with Crippen molar-refractivity contribution in [2.45, 2.75) is 12.2 Å². The molecule has 1 heterocycles. The Morgan fingerprint density at radius 3 is 2.63 bits per heavy atom. The van der Waals surface area contributed by atoms with Gasteiger partial charge in [0, 0.05) is 14.1 Å². The molecular weight excluding hydrogens is 270 g/mol. The summed E-state index contributed by atoms with van der Waals surface area (Å²) in [6.45, 7) is 1.73. The molecule has 0 saturated heterocycles. The van der Waals surface area contributed by atoms with E-state index in [2.05, 4.69) is 9.97 Å². The molecule has 0 aromatic carbocycles. The number of nitrogens with zero attached hydrogens (tertiary/aromatic N) is 3. The molecule has 2 unspecified atom stereocenters. The predicted molar refractivity (Wildman–Crippen MR) is 70.8 cm³/mol. The lowest BCUT2D eigenvalue weighted by molar-refractivity contribution is 0.167. The normalized spacial score (nSPS) is 13.6. The second kappa shape index (κ2) is 6.58. The number of methoxy groups -OCH3 is 1. The first kappa shape index (κ1) is 15.5. The van der Waals surface area contributed by atoms with Crippen LogP contribution in [-0.4, -0.2) is 53.0 Å². The van der Waals surface area contributed by atoms with Crippen molar-refractivity contribution in [3.8, 4) is 11.6 Å². The Bertz CT molecular complexity index is 454. The maximum Gasteiger partial charge on any atom is 0.416 e. The van der Waals surface area contributed by atoms with Gasteiger partial charge in [-0.15, -0.1) is 0 Å². The molecule has 106 valence electrons. The lowest BCUT2D eigenvalue weighted by Gasteiger charge is -2.15. The first-order valence-corrected chi connectivity index (χ1v) is 7.11. The number of hydrogen-bond donors (Lipinski definition) is 0. The molecule has 8 heteroatoms. The van der Waals surface area contributed by atoms with Crippen LogP contribution in [0.1, 0.15) is 18.0 Å². The number of ether oxygens (including phenoxy) is 2. The summed E-state index contributed by atoms with van der Waals surface area (Å²) < 4.78 is 21.5. The van der Waals surface area contributed by atoms with E-state index >= 15 is 0 Å². The molecule has 1 aromatic rings. The third kappa shape index (κ3) is 3.97. The van der Waals surface area contributed by atoms with Crippen LogP contribution in [0.25, 0.3) is 0 Å². The number of amides is 1. The third-order valence-corrected chi connectivity index (χ3v) is 3.58. The Hall–Kier alpha value is -1.54. The van der Waals surface area contributed by atoms with Crippen molar-refractivity contribution in [3.05, 3.63) is 12.0 Å². The summed E-state index contributed by atoms with van der Waals surface area (Å²) in [5, 5.41) is -0.359. The minimum absolute atomic E-state index is 0.0171. The Morgan fingerprint density at radius 2 is 2.16 bits per heavy atom. The minimum atomic E-state index is -1.12. The third-order valence-electron chi connectivity index (χ3n) is 2.37. The van der Waals surface area contributed by atoms with Gasteiger partial charge in [0.05, 0.1) is 19.6 Å². The van der Waals surface area contributed by atoms with E-state index in [0.29, 0.717) is 5.82 Å². The van der Waals surface area contributed by atoms with Gasteiger partial charge in [-0.1, -0.05) is 0 Å². The van der Waals surface area contributed by atoms with Crippen molar-refractivity contribution in [2.24, 2.45) is 0 Å². The molecule has 1 aromatic heterocycles. The standard InChI is InChI=1S/C11H17N3O4S/c1-7(19(5)16)9-12-6-8(17-4)10(13-9)18-11(15)14(2)3/h6-7H,1-5H3. The summed E-state index contributed by atoms with van der Waals surface area (Å²) in [6.07, 6.45) is 2.38. The van der Waals surface area contributed by atoms with E-state index in [4.69, 9.17) is 9.47 Å². The van der Waals surface area contributed by atoms with E-state index in [1.54, 1.807) is 27.3 Å². The van der Waals surface area contributed by atoms with Crippen molar-refractivity contribution in [3.63, 3.8) is 0 Å². The summed E-state index contributed by atoms with van der Waals surface area (Å²) in [6, 6.07) is 0. The van der Waals surface area contributed by atoms with Crippen molar-refractivity contribution >= 4 is 17.3 Å². The Kier molecular flexibility index (Phi) is 5.37. The summed E-state index contributed by atoms with van der Waals surface area (Å²) in [7, 11) is 4.54. The lowest BCUT2D eigenvalue weighted by Crippen LogP contribution is -2.26. The second-order valence-corrected chi connectivity index (χ2v) is 5.71. The lowest BCUT2D eigenvalue weighted by atomic mass is 10.4. The fraction of sp³-hybridized carbons (Fsp3) is 0.545. The quantitative estimate of drug-likeness (QED) is 0.767. The Labute approximate surface area is 115 Å². The van der Waals surface area contributed by atoms with E-state index in [0.717, 1.165) is 0 Å². The minimum Gasteiger partial charge on any atom is -0.616 e. The summed E-state index contributed by atoms with van der Waals surface area (Å²) in [4.78, 5) is 20.9. The van der Waals surface area contributed by atoms with Gasteiger partial charge in [0.1, 0.15) is 0 Å². The first-order chi connectivity index (χ1) is 8.86. The van der Waals surface area contributed by atoms with Crippen molar-refractivity contribution in [1.29, 1.82) is 0 Å². The van der Waals surface area contributed by atoms with Crippen LogP contribution in [0.5, 0.6) is 11.6 Å². The predicted octanol–water partition coefficient (Wildman–Crippen LogP) is 0.985. The van der Waals surface area contributed by atoms with Gasteiger partial charge in [-0.2, -0.15) is 4.98 Å². The highest BCUT2D eigenvalue weighted by Gasteiger charge is 2.22. The van der Waals surface area contributed by atoms with Crippen molar-refractivity contribution in [2.75, 3.05) is 27.5 Å². The fourth-order valence-electron chi connectivity index (χ4n) is 1.10. The molecule has 1 amide bonds. The summed E-state index contributed by atoms with van der Waals surface area (Å²) in [5.41, 5.74) is 0. The summed E-state index contributed by atoms with van der Waals surface area (Å²) in [5.74, 6) is 0.597. The van der Waals surface area contributed by atoms with Crippen LogP contribution in [0.4, 0.5) is 4.79 Å². The Morgan fingerprint density at radius 1 is 1.53 bits per heavy atom. The van der Waals surface area contributed by atoms with Crippen LogP contribution in [-0.2, 0) is 11.2 Å². The van der Waals surface area contributed by atoms with Gasteiger partial charge in [-0.05, 0) is 18.1 Å². The van der Waals surface area contributed by atoms with Crippen LogP contribution < -0.4 is 9.47 Å². The van der Waals surface area contributed by atoms with Crippen molar-refractivity contribution < 1.29 is 18.8 Å². The average Bonchev–Trinajstić information content (AvgIpc) is 2.37. The van der Waals surface area contributed by atoms with Crippen LogP contribution in [0, 0.1) is 0 Å². The monoisotopic (exact) mass is 287 g/mol. The SMILES string of the molecule is COc1cnc(C(C)[S+](C)[O-])nc1OC(=O)N(C)C. The molecule has 0 fully saturated rings. The van der Waals surface area contributed by atoms with Gasteiger partial charge in [0.15, 0.2) is 16.8 Å². The van der Waals surface area contributed by atoms with Gasteiger partial charge >= 0.3 is 6.09 Å². The van der Waals surface area contributed by atoms with Gasteiger partial charge in [0.2, 0.25) is 0 Å². The average molecular weight is 287 g/mol. The molecule has 0 bridgehead atoms. The number of hydrogen-bond acceptors (Lipinski definition) is 6. The maximum atomic E-state index is 11.5. The second-order valence-electron chi connectivity index (χ2n) is 4.00. The van der Waals surface area contributed by atoms with E-state index < -0.39 is 17.3 Å². The Balaban J connectivity index is 3.06. The molecule has 0 spiro atoms. The fourth-order valence-corrected chi connectivity index (χ4v) is 1.51. The van der Waals surface area contributed by atoms with E-state index in [1.807, 2.05) is 0 Å². The smallest absolute Gasteiger partial charge is 0.416 e. The van der Waals surface area contributed by atoms with Gasteiger partial charge < -0.3 is 18.9 Å².